The lowest BCUT2D eigenvalue weighted by Crippen LogP contribution is -2.32. The molecule has 0 saturated heterocycles. The molecule has 0 amide bonds. The van der Waals surface area contributed by atoms with E-state index in [-0.39, 0.29) is 49.1 Å². The van der Waals surface area contributed by atoms with Crippen molar-refractivity contribution in [2.75, 3.05) is 42.2 Å². The Morgan fingerprint density at radius 3 is 1.89 bits per heavy atom. The minimum atomic E-state index is -3.45. The van der Waals surface area contributed by atoms with Gasteiger partial charge in [-0.05, 0) is 48.0 Å². The van der Waals surface area contributed by atoms with Crippen molar-refractivity contribution in [3.8, 4) is 6.07 Å². The molecule has 0 saturated carbocycles. The predicted molar refractivity (Wildman–Crippen MR) is 144 cm³/mol. The van der Waals surface area contributed by atoms with Gasteiger partial charge in [0.15, 0.2) is 0 Å². The fourth-order valence-electron chi connectivity index (χ4n) is 3.27. The van der Waals surface area contributed by atoms with E-state index in [1.807, 2.05) is 11.0 Å². The lowest BCUT2D eigenvalue weighted by Gasteiger charge is -2.24. The van der Waals surface area contributed by atoms with Crippen LogP contribution in [-0.2, 0) is 29.1 Å². The van der Waals surface area contributed by atoms with Crippen LogP contribution in [0, 0.1) is 11.3 Å². The minimum absolute atomic E-state index is 0.0867. The van der Waals surface area contributed by atoms with Crippen LogP contribution in [0.1, 0.15) is 42.6 Å². The van der Waals surface area contributed by atoms with Gasteiger partial charge in [-0.3, -0.25) is 19.1 Å². The van der Waals surface area contributed by atoms with E-state index in [1.54, 1.807) is 38.1 Å². The second kappa shape index (κ2) is 14.5. The Kier molecular flexibility index (Phi) is 11.5. The zero-order valence-electron chi connectivity index (χ0n) is 21.6. The van der Waals surface area contributed by atoms with Crippen LogP contribution in [0.15, 0.2) is 54.1 Å². The minimum Gasteiger partial charge on any atom is -0.464 e. The Morgan fingerprint density at radius 1 is 0.921 bits per heavy atom. The van der Waals surface area contributed by atoms with E-state index in [0.717, 1.165) is 11.9 Å². The van der Waals surface area contributed by atoms with Gasteiger partial charge in [0.1, 0.15) is 24.9 Å². The van der Waals surface area contributed by atoms with Gasteiger partial charge in [-0.2, -0.15) is 5.26 Å². The van der Waals surface area contributed by atoms with Gasteiger partial charge in [0.05, 0.1) is 19.3 Å². The number of Topliss-reactive ketones (excluding diaryl/α,β-unsaturated/α-hetero) is 1. The highest BCUT2D eigenvalue weighted by Gasteiger charge is 2.14. The van der Waals surface area contributed by atoms with E-state index >= 15 is 0 Å². The standard InChI is InChI=1S/C27H31N3O7S/c1-4-25(31)36-16-14-30(15-17-37-26(32)5-2)24-12-6-20(7-13-24)18-22(19-28)27(33)21-8-10-23(11-9-21)29-38(3,34)35/h6-13,18,29H,4-5,14-17H2,1-3H3/b22-18-. The molecule has 2 rings (SSSR count). The summed E-state index contributed by atoms with van der Waals surface area (Å²) < 4.78 is 35.4. The van der Waals surface area contributed by atoms with Crippen LogP contribution in [0.25, 0.3) is 6.08 Å². The Balaban J connectivity index is 2.16. The first-order valence-corrected chi connectivity index (χ1v) is 13.9. The third-order valence-corrected chi connectivity index (χ3v) is 5.82. The molecule has 0 atom stereocenters. The van der Waals surface area contributed by atoms with Crippen molar-refractivity contribution in [1.29, 1.82) is 5.26 Å². The second-order valence-corrected chi connectivity index (χ2v) is 9.93. The smallest absolute Gasteiger partial charge is 0.305 e. The summed E-state index contributed by atoms with van der Waals surface area (Å²) in [5.41, 5.74) is 1.85. The van der Waals surface area contributed by atoms with E-state index in [0.29, 0.717) is 24.3 Å². The maximum absolute atomic E-state index is 12.8. The van der Waals surface area contributed by atoms with Crippen molar-refractivity contribution in [1.82, 2.24) is 0 Å². The van der Waals surface area contributed by atoms with Gasteiger partial charge < -0.3 is 14.4 Å². The number of carbonyl (C=O) groups is 3. The van der Waals surface area contributed by atoms with E-state index in [4.69, 9.17) is 9.47 Å². The third kappa shape index (κ3) is 10.1. The van der Waals surface area contributed by atoms with Crippen molar-refractivity contribution in [3.63, 3.8) is 0 Å². The number of rotatable bonds is 14. The SMILES string of the molecule is CCC(=O)OCCN(CCOC(=O)CC)c1ccc(/C=C(/C#N)C(=O)c2ccc(NS(C)(=O)=O)cc2)cc1. The maximum Gasteiger partial charge on any atom is 0.305 e. The van der Waals surface area contributed by atoms with Crippen LogP contribution in [0.2, 0.25) is 0 Å². The molecule has 0 fully saturated rings. The zero-order chi connectivity index (χ0) is 28.1. The first kappa shape index (κ1) is 30.1. The summed E-state index contributed by atoms with van der Waals surface area (Å²) in [6, 6.07) is 14.8. The van der Waals surface area contributed by atoms with E-state index in [9.17, 15) is 28.1 Å². The average molecular weight is 542 g/mol. The van der Waals surface area contributed by atoms with Crippen LogP contribution in [0.3, 0.4) is 0 Å². The Labute approximate surface area is 222 Å². The van der Waals surface area contributed by atoms with Crippen molar-refractivity contribution in [2.24, 2.45) is 0 Å². The predicted octanol–water partition coefficient (Wildman–Crippen LogP) is 3.56. The summed E-state index contributed by atoms with van der Waals surface area (Å²) in [5.74, 6) is -1.12. The molecule has 0 aliphatic heterocycles. The normalized spacial score (nSPS) is 11.3. The number of hydrogen-bond donors (Lipinski definition) is 1. The molecule has 0 aromatic heterocycles. The Hall–Kier alpha value is -4.17. The van der Waals surface area contributed by atoms with E-state index in [1.165, 1.54) is 30.3 Å². The number of anilines is 2. The third-order valence-electron chi connectivity index (χ3n) is 5.21. The van der Waals surface area contributed by atoms with Crippen molar-refractivity contribution >= 4 is 45.2 Å². The highest BCUT2D eigenvalue weighted by Crippen LogP contribution is 2.19. The zero-order valence-corrected chi connectivity index (χ0v) is 22.4. The summed E-state index contributed by atoms with van der Waals surface area (Å²) in [6.07, 6.45) is 3.04. The molecule has 0 bridgehead atoms. The molecule has 0 aliphatic carbocycles. The first-order valence-electron chi connectivity index (χ1n) is 12.0. The molecule has 0 aliphatic rings. The number of ether oxygens (including phenoxy) is 2. The molecule has 202 valence electrons. The summed E-state index contributed by atoms with van der Waals surface area (Å²) >= 11 is 0. The number of hydrogen-bond acceptors (Lipinski definition) is 9. The van der Waals surface area contributed by atoms with Crippen molar-refractivity contribution in [2.45, 2.75) is 26.7 Å². The van der Waals surface area contributed by atoms with Gasteiger partial charge in [0, 0.05) is 29.8 Å². The maximum atomic E-state index is 12.8. The molecule has 0 heterocycles. The van der Waals surface area contributed by atoms with Gasteiger partial charge in [-0.25, -0.2) is 8.42 Å². The number of nitrogens with zero attached hydrogens (tertiary/aromatic N) is 2. The number of carbonyl (C=O) groups excluding carboxylic acids is 3. The molecule has 1 N–H and O–H groups in total. The fraction of sp³-hybridized carbons (Fsp3) is 0.333. The van der Waals surface area contributed by atoms with E-state index < -0.39 is 15.8 Å². The first-order chi connectivity index (χ1) is 18.1. The lowest BCUT2D eigenvalue weighted by molar-refractivity contribution is -0.143. The van der Waals surface area contributed by atoms with Gasteiger partial charge in [-0.1, -0.05) is 26.0 Å². The van der Waals surface area contributed by atoms with Crippen LogP contribution >= 0.6 is 0 Å². The molecule has 10 nitrogen and oxygen atoms in total. The number of nitriles is 1. The summed E-state index contributed by atoms with van der Waals surface area (Å²) in [4.78, 5) is 37.7. The van der Waals surface area contributed by atoms with Crippen LogP contribution < -0.4 is 9.62 Å². The molecule has 2 aromatic rings. The molecular weight excluding hydrogens is 510 g/mol. The number of benzene rings is 2. The van der Waals surface area contributed by atoms with Gasteiger partial charge >= 0.3 is 11.9 Å². The number of nitrogens with one attached hydrogen (secondary N) is 1. The second-order valence-electron chi connectivity index (χ2n) is 8.18. The lowest BCUT2D eigenvalue weighted by atomic mass is 10.0. The highest BCUT2D eigenvalue weighted by molar-refractivity contribution is 7.92. The van der Waals surface area contributed by atoms with Crippen LogP contribution in [0.5, 0.6) is 0 Å². The molecule has 11 heteroatoms. The highest BCUT2D eigenvalue weighted by atomic mass is 32.2. The summed E-state index contributed by atoms with van der Waals surface area (Å²) in [7, 11) is -3.45. The topological polar surface area (TPSA) is 143 Å². The molecule has 0 spiro atoms. The monoisotopic (exact) mass is 541 g/mol. The largest absolute Gasteiger partial charge is 0.464 e. The summed E-state index contributed by atoms with van der Waals surface area (Å²) in [6.45, 7) is 4.53. The molecular formula is C27H31N3O7S. The van der Waals surface area contributed by atoms with Crippen molar-refractivity contribution in [3.05, 3.63) is 65.2 Å². The van der Waals surface area contributed by atoms with Gasteiger partial charge in [-0.15, -0.1) is 0 Å². The number of ketones is 1. The molecule has 0 unspecified atom stereocenters. The Morgan fingerprint density at radius 2 is 1.45 bits per heavy atom. The average Bonchev–Trinajstić information content (AvgIpc) is 2.90. The number of sulfonamides is 1. The molecule has 0 radical (unpaired) electrons. The number of esters is 2. The Bertz CT molecular complexity index is 1270. The molecule has 38 heavy (non-hydrogen) atoms. The quantitative estimate of drug-likeness (QED) is 0.164. The number of allylic oxidation sites excluding steroid dienone is 1. The molecule has 2 aromatic carbocycles. The fourth-order valence-corrected chi connectivity index (χ4v) is 3.83. The van der Waals surface area contributed by atoms with Crippen LogP contribution in [-0.4, -0.2) is 58.7 Å². The van der Waals surface area contributed by atoms with Crippen LogP contribution in [0.4, 0.5) is 11.4 Å². The van der Waals surface area contributed by atoms with Gasteiger partial charge in [0.2, 0.25) is 15.8 Å². The van der Waals surface area contributed by atoms with E-state index in [2.05, 4.69) is 4.72 Å². The van der Waals surface area contributed by atoms with Crippen molar-refractivity contribution < 1.29 is 32.3 Å². The van der Waals surface area contributed by atoms with Gasteiger partial charge in [0.25, 0.3) is 0 Å². The summed E-state index contributed by atoms with van der Waals surface area (Å²) in [5, 5.41) is 9.57.